The van der Waals surface area contributed by atoms with Crippen molar-refractivity contribution in [3.63, 3.8) is 0 Å². The normalized spacial score (nSPS) is 9.60. The molecular weight excluding hydrogens is 282 g/mol. The van der Waals surface area contributed by atoms with E-state index in [1.54, 1.807) is 13.3 Å². The van der Waals surface area contributed by atoms with E-state index in [-0.39, 0.29) is 26.3 Å². The van der Waals surface area contributed by atoms with Crippen molar-refractivity contribution in [3.8, 4) is 0 Å². The zero-order valence-corrected chi connectivity index (χ0v) is 14.7. The van der Waals surface area contributed by atoms with Gasteiger partial charge in [-0.2, -0.15) is 0 Å². The van der Waals surface area contributed by atoms with E-state index in [0.717, 1.165) is 0 Å². The van der Waals surface area contributed by atoms with Gasteiger partial charge < -0.3 is 7.43 Å². The van der Waals surface area contributed by atoms with Gasteiger partial charge in [0, 0.05) is 0 Å². The van der Waals surface area contributed by atoms with Gasteiger partial charge >= 0.3 is 111 Å². The molecule has 0 bridgehead atoms. The smallest absolute Gasteiger partial charge is 0.358 e. The quantitative estimate of drug-likeness (QED) is 0.453. The maximum Gasteiger partial charge on any atom is 1.00 e. The molecule has 0 atom stereocenters. The summed E-state index contributed by atoms with van der Waals surface area (Å²) in [6, 6.07) is 0. The van der Waals surface area contributed by atoms with Crippen LogP contribution in [0.2, 0.25) is 13.3 Å². The summed E-state index contributed by atoms with van der Waals surface area (Å²) >= 11 is -0.839. The van der Waals surface area contributed by atoms with Crippen molar-refractivity contribution < 1.29 is 18.9 Å². The van der Waals surface area contributed by atoms with E-state index in [0.29, 0.717) is 0 Å². The predicted molar refractivity (Wildman–Crippen MR) is 71.3 cm³/mol. The zero-order valence-electron chi connectivity index (χ0n) is 11.9. The summed E-state index contributed by atoms with van der Waals surface area (Å²) in [5.74, 6) is 0. The molecule has 87 valence electrons. The molecule has 0 aliphatic rings. The summed E-state index contributed by atoms with van der Waals surface area (Å²) < 4.78 is 5.04. The van der Waals surface area contributed by atoms with Crippen LogP contribution in [0, 0.1) is 7.43 Å². The minimum atomic E-state index is -0.839. The summed E-state index contributed by atoms with van der Waals surface area (Å²) in [6.45, 7) is 7.00. The molecule has 0 aliphatic heterocycles. The molecule has 0 saturated heterocycles. The van der Waals surface area contributed by atoms with Gasteiger partial charge in [0.2, 0.25) is 0 Å². The Balaban J connectivity index is -0.000000720. The van der Waals surface area contributed by atoms with Crippen LogP contribution < -0.4 is 18.9 Å². The van der Waals surface area contributed by atoms with Crippen molar-refractivity contribution in [2.45, 2.75) is 72.6 Å². The topological polar surface area (TPSA) is 0 Å². The first kappa shape index (κ1) is 21.7. The Labute approximate surface area is 118 Å². The molecular formula is C13H30LiSn. The molecule has 0 nitrogen and oxygen atoms in total. The van der Waals surface area contributed by atoms with E-state index in [2.05, 4.69) is 20.8 Å². The van der Waals surface area contributed by atoms with Crippen LogP contribution in [0.4, 0.5) is 0 Å². The van der Waals surface area contributed by atoms with Crippen LogP contribution in [-0.4, -0.2) is 19.8 Å². The molecule has 0 rings (SSSR count). The molecule has 0 fully saturated rings. The van der Waals surface area contributed by atoms with Gasteiger partial charge in [-0.3, -0.25) is 0 Å². The Hall–Kier alpha value is 1.40. The van der Waals surface area contributed by atoms with Crippen LogP contribution >= 0.6 is 0 Å². The summed E-state index contributed by atoms with van der Waals surface area (Å²) in [7, 11) is 0. The number of hydrogen-bond donors (Lipinski definition) is 0. The van der Waals surface area contributed by atoms with Gasteiger partial charge in [-0.15, -0.1) is 0 Å². The number of rotatable bonds is 9. The van der Waals surface area contributed by atoms with Gasteiger partial charge in [0.15, 0.2) is 0 Å². The second-order valence-corrected chi connectivity index (χ2v) is 12.6. The minimum Gasteiger partial charge on any atom is -0.358 e. The van der Waals surface area contributed by atoms with Gasteiger partial charge in [0.25, 0.3) is 0 Å². The molecule has 0 saturated carbocycles. The fourth-order valence-corrected chi connectivity index (χ4v) is 11.1. The third-order valence-corrected chi connectivity index (χ3v) is 11.7. The average Bonchev–Trinajstić information content (AvgIpc) is 2.17. The van der Waals surface area contributed by atoms with Gasteiger partial charge in [0.05, 0.1) is 0 Å². The predicted octanol–water partition coefficient (Wildman–Crippen LogP) is 2.34. The van der Waals surface area contributed by atoms with E-state index in [4.69, 9.17) is 0 Å². The summed E-state index contributed by atoms with van der Waals surface area (Å²) in [5.41, 5.74) is 0. The second-order valence-electron chi connectivity index (χ2n) is 4.06. The first-order valence-electron chi connectivity index (χ1n) is 6.18. The molecule has 0 aromatic heterocycles. The van der Waals surface area contributed by atoms with E-state index in [9.17, 15) is 0 Å². The van der Waals surface area contributed by atoms with Crippen molar-refractivity contribution >= 4 is 19.8 Å². The largest absolute Gasteiger partial charge is 1.00 e. The standard InChI is InChI=1S/3C4H9.CH3.Li.Sn/c3*1-3-4-2;;;/h3*1,3-4H2,2H3;1H3;;/q;;;-1;+1;. The Kier molecular flexibility index (Phi) is 25.7. The Morgan fingerprint density at radius 3 is 1.13 bits per heavy atom. The Bertz CT molecular complexity index is 77.5. The third kappa shape index (κ3) is 15.4. The molecule has 0 spiro atoms. The fraction of sp³-hybridized carbons (Fsp3) is 0.923. The fourth-order valence-electron chi connectivity index (χ4n) is 1.66. The molecule has 0 aromatic rings. The second kappa shape index (κ2) is 17.8. The van der Waals surface area contributed by atoms with E-state index in [1.807, 2.05) is 0 Å². The third-order valence-electron chi connectivity index (χ3n) is 2.65. The maximum atomic E-state index is 2.33. The van der Waals surface area contributed by atoms with Crippen molar-refractivity contribution in [2.24, 2.45) is 0 Å². The van der Waals surface area contributed by atoms with Crippen LogP contribution in [-0.2, 0) is 0 Å². The maximum absolute atomic E-state index is 2.33. The molecule has 0 aliphatic carbocycles. The van der Waals surface area contributed by atoms with Crippen molar-refractivity contribution in [1.82, 2.24) is 0 Å². The minimum absolute atomic E-state index is 0. The first-order chi connectivity index (χ1) is 6.35. The van der Waals surface area contributed by atoms with Crippen LogP contribution in [0.25, 0.3) is 0 Å². The van der Waals surface area contributed by atoms with Crippen molar-refractivity contribution in [3.05, 3.63) is 7.43 Å². The molecule has 0 aromatic carbocycles. The van der Waals surface area contributed by atoms with Gasteiger partial charge in [0.1, 0.15) is 0 Å². The molecule has 0 heterocycles. The monoisotopic (exact) mass is 313 g/mol. The zero-order chi connectivity index (χ0) is 9.94. The van der Waals surface area contributed by atoms with Crippen LogP contribution in [0.3, 0.4) is 0 Å². The van der Waals surface area contributed by atoms with E-state index < -0.39 is 19.8 Å². The van der Waals surface area contributed by atoms with Gasteiger partial charge in [-0.25, -0.2) is 0 Å². The van der Waals surface area contributed by atoms with Gasteiger partial charge in [-0.1, -0.05) is 0 Å². The molecule has 2 heteroatoms. The van der Waals surface area contributed by atoms with Crippen LogP contribution in [0.15, 0.2) is 0 Å². The summed E-state index contributed by atoms with van der Waals surface area (Å²) in [5, 5.41) is 0. The molecule has 15 heavy (non-hydrogen) atoms. The molecule has 1 radical (unpaired) electrons. The van der Waals surface area contributed by atoms with Gasteiger partial charge in [-0.05, 0) is 0 Å². The van der Waals surface area contributed by atoms with Crippen LogP contribution in [0.1, 0.15) is 59.3 Å². The SMILES string of the molecule is CCC[CH2][Sn]([CH2]CCC)[CH2]CCC.[CH3-].[Li+]. The van der Waals surface area contributed by atoms with E-state index >= 15 is 0 Å². The molecule has 0 amide bonds. The summed E-state index contributed by atoms with van der Waals surface area (Å²) in [4.78, 5) is 0. The molecule has 0 N–H and O–H groups in total. The number of hydrogen-bond acceptors (Lipinski definition) is 0. The van der Waals surface area contributed by atoms with Crippen LogP contribution in [0.5, 0.6) is 0 Å². The Morgan fingerprint density at radius 1 is 0.667 bits per heavy atom. The van der Waals surface area contributed by atoms with Crippen molar-refractivity contribution in [2.75, 3.05) is 0 Å². The van der Waals surface area contributed by atoms with Crippen molar-refractivity contribution in [1.29, 1.82) is 0 Å². The van der Waals surface area contributed by atoms with E-state index in [1.165, 1.54) is 38.5 Å². The number of unbranched alkanes of at least 4 members (excludes halogenated alkanes) is 3. The average molecular weight is 312 g/mol. The summed E-state index contributed by atoms with van der Waals surface area (Å²) in [6.07, 6.45) is 8.85. The first-order valence-corrected chi connectivity index (χ1v) is 12.2. The Morgan fingerprint density at radius 2 is 0.933 bits per heavy atom. The molecule has 0 unspecified atom stereocenters.